The molecule has 4 aromatic carbocycles. The minimum Gasteiger partial charge on any atom is -0.207 e. The molecule has 0 atom stereocenters. The lowest BCUT2D eigenvalue weighted by molar-refractivity contribution is 0.497. The van der Waals surface area contributed by atoms with Crippen LogP contribution < -0.4 is 0 Å². The summed E-state index contributed by atoms with van der Waals surface area (Å²) in [5, 5.41) is 0. The fraction of sp³-hybridized carbons (Fsp3) is 0.250. The Bertz CT molecular complexity index is 1140. The molecule has 0 aliphatic carbocycles. The summed E-state index contributed by atoms with van der Waals surface area (Å²) < 4.78 is 50.4. The topological polar surface area (TPSA) is 0 Å². The maximum absolute atomic E-state index is 12.6. The first-order chi connectivity index (χ1) is 16.8. The summed E-state index contributed by atoms with van der Waals surface area (Å²) in [5.41, 5.74) is 6.72. The van der Waals surface area contributed by atoms with E-state index in [0.29, 0.717) is 22.3 Å². The van der Waals surface area contributed by atoms with Crippen LogP contribution in [0.3, 0.4) is 0 Å². The molecule has 0 aliphatic rings. The van der Waals surface area contributed by atoms with Crippen LogP contribution in [0.15, 0.2) is 72.8 Å². The van der Waals surface area contributed by atoms with Crippen LogP contribution >= 0.6 is 0 Å². The highest BCUT2D eigenvalue weighted by Crippen LogP contribution is 2.14. The van der Waals surface area contributed by atoms with Crippen LogP contribution in [0.5, 0.6) is 0 Å². The van der Waals surface area contributed by atoms with Gasteiger partial charge in [0.15, 0.2) is 11.6 Å². The Morgan fingerprint density at radius 2 is 0.583 bits per heavy atom. The molecule has 4 aromatic rings. The molecule has 0 N–H and O–H groups in total. The second kappa shape index (κ2) is 14.9. The minimum absolute atomic E-state index is 0.116. The van der Waals surface area contributed by atoms with Gasteiger partial charge in [0, 0.05) is 0 Å². The van der Waals surface area contributed by atoms with Gasteiger partial charge in [0.2, 0.25) is 0 Å². The summed E-state index contributed by atoms with van der Waals surface area (Å²) in [6.07, 6.45) is 0. The van der Waals surface area contributed by atoms with E-state index in [2.05, 4.69) is 38.1 Å². The predicted octanol–water partition coefficient (Wildman–Crippen LogP) is 9.77. The van der Waals surface area contributed by atoms with Crippen LogP contribution in [-0.4, -0.2) is 0 Å². The number of rotatable bonds is 0. The Hall–Kier alpha value is -3.40. The molecule has 0 fully saturated rings. The molecule has 192 valence electrons. The molecule has 0 unspecified atom stereocenters. The van der Waals surface area contributed by atoms with Gasteiger partial charge in [0.05, 0.1) is 0 Å². The highest BCUT2D eigenvalue weighted by Gasteiger charge is 2.06. The van der Waals surface area contributed by atoms with Gasteiger partial charge >= 0.3 is 0 Å². The third-order valence-electron chi connectivity index (χ3n) is 5.34. The Labute approximate surface area is 213 Å². The largest absolute Gasteiger partial charge is 0.207 e. The molecule has 36 heavy (non-hydrogen) atoms. The number of aryl methyl sites for hydroxylation is 8. The summed E-state index contributed by atoms with van der Waals surface area (Å²) in [5.74, 6) is -1.70. The van der Waals surface area contributed by atoms with Crippen molar-refractivity contribution in [3.8, 4) is 0 Å². The van der Waals surface area contributed by atoms with Crippen LogP contribution in [-0.2, 0) is 0 Å². The highest BCUT2D eigenvalue weighted by atomic mass is 19.2. The molecule has 0 radical (unpaired) electrons. The summed E-state index contributed by atoms with van der Waals surface area (Å²) >= 11 is 0. The van der Waals surface area contributed by atoms with Crippen LogP contribution in [0.2, 0.25) is 0 Å². The van der Waals surface area contributed by atoms with Crippen molar-refractivity contribution in [2.45, 2.75) is 55.4 Å². The van der Waals surface area contributed by atoms with Crippen molar-refractivity contribution in [1.29, 1.82) is 0 Å². The zero-order valence-corrected chi connectivity index (χ0v) is 22.4. The summed E-state index contributed by atoms with van der Waals surface area (Å²) in [6.45, 7) is 14.5. The normalized spacial score (nSPS) is 9.67. The Kier molecular flexibility index (Phi) is 12.7. The van der Waals surface area contributed by atoms with E-state index < -0.39 is 11.6 Å². The van der Waals surface area contributed by atoms with E-state index in [0.717, 1.165) is 11.1 Å². The first kappa shape index (κ1) is 30.6. The van der Waals surface area contributed by atoms with E-state index in [9.17, 15) is 17.6 Å². The zero-order valence-electron chi connectivity index (χ0n) is 22.4. The molecule has 4 rings (SSSR count). The minimum atomic E-state index is -0.736. The van der Waals surface area contributed by atoms with Crippen molar-refractivity contribution in [2.24, 2.45) is 0 Å². The number of hydrogen-bond donors (Lipinski definition) is 0. The molecule has 0 nitrogen and oxygen atoms in total. The van der Waals surface area contributed by atoms with Crippen LogP contribution in [0.25, 0.3) is 0 Å². The quantitative estimate of drug-likeness (QED) is 0.213. The zero-order chi connectivity index (χ0) is 27.4. The standard InChI is InChI=1S/C8H8F2.2C8H9F.C8H10/c1-5-3-4-6(2)8(10)7(5)9;2*1-6-3-4-7(2)8(9)5-6;1-7-3-5-8(2)6-4-7/h3-4H,1-2H3;2*3-5H,1-2H3;3-6H,1-2H3. The molecular formula is C32H36F4. The molecule has 0 saturated heterocycles. The molecule has 0 bridgehead atoms. The molecule has 0 amide bonds. The van der Waals surface area contributed by atoms with Crippen molar-refractivity contribution < 1.29 is 17.6 Å². The highest BCUT2D eigenvalue weighted by molar-refractivity contribution is 5.24. The van der Waals surface area contributed by atoms with Gasteiger partial charge in [0.1, 0.15) is 11.6 Å². The van der Waals surface area contributed by atoms with Gasteiger partial charge in [-0.05, 0) is 101 Å². The monoisotopic (exact) mass is 496 g/mol. The number of hydrogen-bond acceptors (Lipinski definition) is 0. The molecule has 4 heteroatoms. The van der Waals surface area contributed by atoms with Gasteiger partial charge in [-0.3, -0.25) is 0 Å². The Morgan fingerprint density at radius 3 is 0.833 bits per heavy atom. The molecule has 0 saturated carbocycles. The maximum Gasteiger partial charge on any atom is 0.161 e. The van der Waals surface area contributed by atoms with Crippen molar-refractivity contribution in [1.82, 2.24) is 0 Å². The molecule has 0 aromatic heterocycles. The van der Waals surface area contributed by atoms with Crippen LogP contribution in [0.1, 0.15) is 44.5 Å². The first-order valence-corrected chi connectivity index (χ1v) is 11.7. The third kappa shape index (κ3) is 10.9. The lowest BCUT2D eigenvalue weighted by Gasteiger charge is -1.99. The average Bonchev–Trinajstić information content (AvgIpc) is 2.83. The van der Waals surface area contributed by atoms with Gasteiger partial charge in [-0.25, -0.2) is 17.6 Å². The number of benzene rings is 4. The lowest BCUT2D eigenvalue weighted by atomic mass is 10.1. The lowest BCUT2D eigenvalue weighted by Crippen LogP contribution is -1.91. The fourth-order valence-electron chi connectivity index (χ4n) is 2.78. The summed E-state index contributed by atoms with van der Waals surface area (Å²) in [4.78, 5) is 0. The van der Waals surface area contributed by atoms with Crippen molar-refractivity contribution in [2.75, 3.05) is 0 Å². The van der Waals surface area contributed by atoms with E-state index in [4.69, 9.17) is 0 Å². The second-order valence-corrected chi connectivity index (χ2v) is 8.99. The van der Waals surface area contributed by atoms with E-state index >= 15 is 0 Å². The van der Waals surface area contributed by atoms with Crippen LogP contribution in [0.4, 0.5) is 17.6 Å². The average molecular weight is 497 g/mol. The first-order valence-electron chi connectivity index (χ1n) is 11.7. The van der Waals surface area contributed by atoms with E-state index in [-0.39, 0.29) is 11.6 Å². The smallest absolute Gasteiger partial charge is 0.161 e. The van der Waals surface area contributed by atoms with E-state index in [1.807, 2.05) is 26.0 Å². The van der Waals surface area contributed by atoms with Crippen LogP contribution in [0, 0.1) is 78.7 Å². The Morgan fingerprint density at radius 1 is 0.333 bits per heavy atom. The Balaban J connectivity index is 0.000000241. The molecular weight excluding hydrogens is 460 g/mol. The number of halogens is 4. The second-order valence-electron chi connectivity index (χ2n) is 8.99. The van der Waals surface area contributed by atoms with Crippen molar-refractivity contribution in [3.05, 3.63) is 141 Å². The van der Waals surface area contributed by atoms with Gasteiger partial charge in [-0.2, -0.15) is 0 Å². The molecule has 0 aliphatic heterocycles. The van der Waals surface area contributed by atoms with Crippen molar-refractivity contribution >= 4 is 0 Å². The molecule has 0 heterocycles. The SMILES string of the molecule is Cc1ccc(C)c(F)c1.Cc1ccc(C)c(F)c1.Cc1ccc(C)c(F)c1F.Cc1ccc(C)cc1. The predicted molar refractivity (Wildman–Crippen MR) is 143 cm³/mol. The van der Waals surface area contributed by atoms with E-state index in [1.165, 1.54) is 37.1 Å². The summed E-state index contributed by atoms with van der Waals surface area (Å²) in [6, 6.07) is 22.0. The maximum atomic E-state index is 12.6. The van der Waals surface area contributed by atoms with Crippen molar-refractivity contribution in [3.63, 3.8) is 0 Å². The van der Waals surface area contributed by atoms with Gasteiger partial charge in [0.25, 0.3) is 0 Å². The van der Waals surface area contributed by atoms with Gasteiger partial charge in [-0.1, -0.05) is 71.8 Å². The fourth-order valence-corrected chi connectivity index (χ4v) is 2.78. The molecule has 0 spiro atoms. The summed E-state index contributed by atoms with van der Waals surface area (Å²) in [7, 11) is 0. The van der Waals surface area contributed by atoms with Gasteiger partial charge in [-0.15, -0.1) is 0 Å². The third-order valence-corrected chi connectivity index (χ3v) is 5.34. The van der Waals surface area contributed by atoms with Gasteiger partial charge < -0.3 is 0 Å². The van der Waals surface area contributed by atoms with E-state index in [1.54, 1.807) is 38.1 Å².